The van der Waals surface area contributed by atoms with Gasteiger partial charge in [0.15, 0.2) is 5.75 Å². The minimum Gasteiger partial charge on any atom is -0.493 e. The Balaban J connectivity index is 3.37. The molecule has 21 heavy (non-hydrogen) atoms. The maximum absolute atomic E-state index is 13.2. The summed E-state index contributed by atoms with van der Waals surface area (Å²) in [7, 11) is 1.58. The quantitative estimate of drug-likeness (QED) is 0.691. The van der Waals surface area contributed by atoms with E-state index in [-0.39, 0.29) is 11.8 Å². The van der Waals surface area contributed by atoms with Gasteiger partial charge in [0.2, 0.25) is 5.78 Å². The number of ether oxygens (including phenoxy) is 1. The second kappa shape index (κ2) is 7.07. The SMILES string of the molecule is CCN(CC)C(C)(CC)C(=O)c1c(OC)cnn1C(C)C. The molecule has 0 amide bonds. The third-order valence-corrected chi connectivity index (χ3v) is 4.33. The van der Waals surface area contributed by atoms with Crippen molar-refractivity contribution in [1.82, 2.24) is 14.7 Å². The zero-order valence-corrected chi connectivity index (χ0v) is 14.4. The molecule has 1 unspecified atom stereocenters. The highest BCUT2D eigenvalue weighted by atomic mass is 16.5. The molecule has 0 aliphatic carbocycles. The van der Waals surface area contributed by atoms with Crippen molar-refractivity contribution in [2.45, 2.75) is 59.5 Å². The molecular weight excluding hydrogens is 266 g/mol. The third-order valence-electron chi connectivity index (χ3n) is 4.33. The number of methoxy groups -OCH3 is 1. The fourth-order valence-electron chi connectivity index (χ4n) is 2.81. The Morgan fingerprint density at radius 1 is 1.38 bits per heavy atom. The van der Waals surface area contributed by atoms with Gasteiger partial charge in [-0.1, -0.05) is 20.8 Å². The van der Waals surface area contributed by atoms with Crippen LogP contribution < -0.4 is 4.74 Å². The highest BCUT2D eigenvalue weighted by Crippen LogP contribution is 2.30. The molecule has 0 aliphatic heterocycles. The molecule has 0 fully saturated rings. The van der Waals surface area contributed by atoms with Gasteiger partial charge in [0.05, 0.1) is 18.8 Å². The molecule has 5 nitrogen and oxygen atoms in total. The van der Waals surface area contributed by atoms with Crippen LogP contribution in [0.25, 0.3) is 0 Å². The molecule has 1 aromatic rings. The largest absolute Gasteiger partial charge is 0.493 e. The lowest BCUT2D eigenvalue weighted by Crippen LogP contribution is -2.52. The number of carbonyl (C=O) groups is 1. The van der Waals surface area contributed by atoms with Crippen LogP contribution in [0.2, 0.25) is 0 Å². The summed E-state index contributed by atoms with van der Waals surface area (Å²) in [6.45, 7) is 13.9. The Labute approximate surface area is 128 Å². The van der Waals surface area contributed by atoms with E-state index >= 15 is 0 Å². The lowest BCUT2D eigenvalue weighted by molar-refractivity contribution is 0.0591. The second-order valence-corrected chi connectivity index (χ2v) is 5.73. The molecular formula is C16H29N3O2. The van der Waals surface area contributed by atoms with E-state index in [1.54, 1.807) is 18.0 Å². The molecule has 5 heteroatoms. The van der Waals surface area contributed by atoms with E-state index in [0.29, 0.717) is 11.4 Å². The van der Waals surface area contributed by atoms with Gasteiger partial charge in [0, 0.05) is 6.04 Å². The van der Waals surface area contributed by atoms with Gasteiger partial charge < -0.3 is 4.74 Å². The smallest absolute Gasteiger partial charge is 0.204 e. The van der Waals surface area contributed by atoms with E-state index < -0.39 is 5.54 Å². The van der Waals surface area contributed by atoms with Gasteiger partial charge in [0.25, 0.3) is 0 Å². The monoisotopic (exact) mass is 295 g/mol. The average molecular weight is 295 g/mol. The first-order valence-electron chi connectivity index (χ1n) is 7.78. The Morgan fingerprint density at radius 2 is 1.95 bits per heavy atom. The minimum atomic E-state index is -0.538. The second-order valence-electron chi connectivity index (χ2n) is 5.73. The number of rotatable bonds is 8. The van der Waals surface area contributed by atoms with Gasteiger partial charge in [-0.25, -0.2) is 0 Å². The molecule has 1 aromatic heterocycles. The molecule has 0 radical (unpaired) electrons. The van der Waals surface area contributed by atoms with Crippen molar-refractivity contribution in [3.05, 3.63) is 11.9 Å². The fraction of sp³-hybridized carbons (Fsp3) is 0.750. The lowest BCUT2D eigenvalue weighted by Gasteiger charge is -2.38. The maximum Gasteiger partial charge on any atom is 0.204 e. The number of aromatic nitrogens is 2. The predicted molar refractivity (Wildman–Crippen MR) is 85.1 cm³/mol. The van der Waals surface area contributed by atoms with Crippen molar-refractivity contribution >= 4 is 5.78 Å². The van der Waals surface area contributed by atoms with Crippen LogP contribution in [0.1, 0.15) is 64.5 Å². The standard InChI is InChI=1S/C16H29N3O2/c1-8-16(6,18(9-2)10-3)15(20)14-13(21-7)11-17-19(14)12(4)5/h11-12H,8-10H2,1-7H3. The predicted octanol–water partition coefficient (Wildman–Crippen LogP) is 3.17. The van der Waals surface area contributed by atoms with Crippen LogP contribution in [0.4, 0.5) is 0 Å². The fourth-order valence-corrected chi connectivity index (χ4v) is 2.81. The van der Waals surface area contributed by atoms with Crippen LogP contribution in [0.5, 0.6) is 5.75 Å². The van der Waals surface area contributed by atoms with Crippen molar-refractivity contribution in [3.8, 4) is 5.75 Å². The number of nitrogens with zero attached hydrogens (tertiary/aromatic N) is 3. The van der Waals surface area contributed by atoms with Crippen LogP contribution in [-0.4, -0.2) is 46.2 Å². The van der Waals surface area contributed by atoms with Gasteiger partial charge in [-0.15, -0.1) is 0 Å². The summed E-state index contributed by atoms with van der Waals surface area (Å²) in [5, 5.41) is 4.32. The Hall–Kier alpha value is -1.36. The Bertz CT molecular complexity index is 478. The van der Waals surface area contributed by atoms with Crippen LogP contribution in [0.15, 0.2) is 6.20 Å². The van der Waals surface area contributed by atoms with E-state index in [1.807, 2.05) is 20.8 Å². The minimum absolute atomic E-state index is 0.0803. The summed E-state index contributed by atoms with van der Waals surface area (Å²) in [6, 6.07) is 0.116. The highest BCUT2D eigenvalue weighted by Gasteiger charge is 2.40. The molecule has 0 spiro atoms. The Morgan fingerprint density at radius 3 is 2.33 bits per heavy atom. The topological polar surface area (TPSA) is 47.4 Å². The summed E-state index contributed by atoms with van der Waals surface area (Å²) in [4.78, 5) is 15.4. The van der Waals surface area contributed by atoms with Gasteiger partial charge in [-0.2, -0.15) is 5.10 Å². The van der Waals surface area contributed by atoms with Crippen LogP contribution in [0.3, 0.4) is 0 Å². The average Bonchev–Trinajstić information content (AvgIpc) is 2.91. The van der Waals surface area contributed by atoms with Crippen molar-refractivity contribution in [1.29, 1.82) is 0 Å². The maximum atomic E-state index is 13.2. The first kappa shape index (κ1) is 17.7. The lowest BCUT2D eigenvalue weighted by atomic mass is 9.88. The molecule has 0 N–H and O–H groups in total. The number of hydrogen-bond donors (Lipinski definition) is 0. The first-order valence-corrected chi connectivity index (χ1v) is 7.78. The number of carbonyl (C=O) groups excluding carboxylic acids is 1. The van der Waals surface area contributed by atoms with Crippen LogP contribution in [-0.2, 0) is 0 Å². The molecule has 0 bridgehead atoms. The third kappa shape index (κ3) is 3.12. The van der Waals surface area contributed by atoms with Gasteiger partial charge in [0.1, 0.15) is 5.69 Å². The summed E-state index contributed by atoms with van der Waals surface area (Å²) in [5.41, 5.74) is 0.0347. The van der Waals surface area contributed by atoms with Crippen LogP contribution >= 0.6 is 0 Å². The number of Topliss-reactive ketones (excluding diaryl/α,β-unsaturated/α-hetero) is 1. The zero-order chi connectivity index (χ0) is 16.2. The van der Waals surface area contributed by atoms with E-state index in [1.165, 1.54) is 0 Å². The number of likely N-dealkylation sites (N-methyl/N-ethyl adjacent to an activating group) is 1. The Kier molecular flexibility index (Phi) is 5.96. The van der Waals surface area contributed by atoms with Crippen LogP contribution in [0, 0.1) is 0 Å². The first-order chi connectivity index (χ1) is 9.87. The molecule has 1 heterocycles. The van der Waals surface area contributed by atoms with E-state index in [2.05, 4.69) is 30.8 Å². The van der Waals surface area contributed by atoms with Crippen molar-refractivity contribution in [3.63, 3.8) is 0 Å². The molecule has 0 saturated carbocycles. The summed E-state index contributed by atoms with van der Waals surface area (Å²) >= 11 is 0. The summed E-state index contributed by atoms with van der Waals surface area (Å²) in [5.74, 6) is 0.636. The van der Waals surface area contributed by atoms with Crippen molar-refractivity contribution < 1.29 is 9.53 Å². The molecule has 120 valence electrons. The van der Waals surface area contributed by atoms with E-state index in [9.17, 15) is 4.79 Å². The number of hydrogen-bond acceptors (Lipinski definition) is 4. The van der Waals surface area contributed by atoms with Gasteiger partial charge in [-0.3, -0.25) is 14.4 Å². The molecule has 1 rings (SSSR count). The molecule has 0 aliphatic rings. The summed E-state index contributed by atoms with van der Waals surface area (Å²) < 4.78 is 7.12. The molecule has 0 aromatic carbocycles. The van der Waals surface area contributed by atoms with Gasteiger partial charge in [-0.05, 0) is 40.3 Å². The molecule has 1 atom stereocenters. The van der Waals surface area contributed by atoms with Crippen molar-refractivity contribution in [2.24, 2.45) is 0 Å². The summed E-state index contributed by atoms with van der Waals surface area (Å²) in [6.07, 6.45) is 2.38. The van der Waals surface area contributed by atoms with E-state index in [0.717, 1.165) is 19.5 Å². The number of ketones is 1. The highest BCUT2D eigenvalue weighted by molar-refractivity contribution is 6.03. The van der Waals surface area contributed by atoms with Crippen molar-refractivity contribution in [2.75, 3.05) is 20.2 Å². The van der Waals surface area contributed by atoms with E-state index in [4.69, 9.17) is 4.74 Å². The normalized spacial score (nSPS) is 14.5. The molecule has 0 saturated heterocycles. The van der Waals surface area contributed by atoms with Gasteiger partial charge >= 0.3 is 0 Å². The zero-order valence-electron chi connectivity index (χ0n) is 14.4.